The molecule has 0 aromatic heterocycles. The molecule has 0 aromatic rings. The van der Waals surface area contributed by atoms with Crippen molar-refractivity contribution >= 4 is 0 Å². The van der Waals surface area contributed by atoms with Crippen molar-refractivity contribution in [3.63, 3.8) is 0 Å². The first-order chi connectivity index (χ1) is 9.47. The summed E-state index contributed by atoms with van der Waals surface area (Å²) in [5.41, 5.74) is 5.20. The Bertz CT molecular complexity index is 113. The third kappa shape index (κ3) is 84.7. The van der Waals surface area contributed by atoms with Crippen LogP contribution in [0.15, 0.2) is 12.8 Å². The largest absolute Gasteiger partial charge is 0.496 e. The predicted octanol–water partition coefficient (Wildman–Crippen LogP) is 6.55. The molecule has 0 saturated carbocycles. The summed E-state index contributed by atoms with van der Waals surface area (Å²) in [7, 11) is 0. The molecule has 0 aliphatic carbocycles. The summed E-state index contributed by atoms with van der Waals surface area (Å²) in [6.45, 7) is 24.4. The molecule has 0 spiro atoms. The first-order valence-electron chi connectivity index (χ1n) is 8.46. The fraction of sp³-hybridized carbons (Fsp3) is 0.889. The smallest absolute Gasteiger partial charge is 0.0997 e. The Balaban J connectivity index is -0.0000000545. The zero-order valence-corrected chi connectivity index (χ0v) is 16.3. The van der Waals surface area contributed by atoms with E-state index >= 15 is 0 Å². The summed E-state index contributed by atoms with van der Waals surface area (Å²) in [6, 6.07) is 0. The van der Waals surface area contributed by atoms with Crippen LogP contribution in [-0.2, 0) is 4.74 Å². The fourth-order valence-corrected chi connectivity index (χ4v) is 0.821. The minimum absolute atomic E-state index is 0.0677. The van der Waals surface area contributed by atoms with Gasteiger partial charge in [0.25, 0.3) is 0 Å². The van der Waals surface area contributed by atoms with Crippen LogP contribution in [0.25, 0.3) is 0 Å². The van der Waals surface area contributed by atoms with Crippen molar-refractivity contribution < 1.29 is 4.74 Å². The third-order valence-corrected chi connectivity index (χ3v) is 1.49. The molecule has 128 valence electrons. The molecule has 0 unspecified atom stereocenters. The molecular weight excluding hydrogens is 246 g/mol. The highest BCUT2D eigenvalue weighted by atomic mass is 16.5. The molecule has 2 nitrogen and oxygen atoms in total. The Labute approximate surface area is 131 Å². The van der Waals surface area contributed by atoms with Gasteiger partial charge in [-0.2, -0.15) is 0 Å². The lowest BCUT2D eigenvalue weighted by molar-refractivity contribution is 0.0775. The minimum Gasteiger partial charge on any atom is -0.496 e. The van der Waals surface area contributed by atoms with Crippen LogP contribution in [0.3, 0.4) is 0 Å². The minimum atomic E-state index is -0.0677. The van der Waals surface area contributed by atoms with E-state index in [-0.39, 0.29) is 5.60 Å². The molecule has 0 rings (SSSR count). The Hall–Kier alpha value is -0.500. The second kappa shape index (κ2) is 36.3. The Morgan fingerprint density at radius 2 is 1.30 bits per heavy atom. The van der Waals surface area contributed by atoms with Crippen molar-refractivity contribution in [2.45, 2.75) is 101 Å². The average Bonchev–Trinajstić information content (AvgIpc) is 2.45. The van der Waals surface area contributed by atoms with Gasteiger partial charge in [-0.1, -0.05) is 74.3 Å². The van der Waals surface area contributed by atoms with Crippen LogP contribution in [0, 0.1) is 0 Å². The molecule has 0 aliphatic heterocycles. The van der Waals surface area contributed by atoms with Crippen molar-refractivity contribution in [1.29, 1.82) is 0 Å². The van der Waals surface area contributed by atoms with Crippen LogP contribution in [0.4, 0.5) is 0 Å². The summed E-state index contributed by atoms with van der Waals surface area (Å²) in [5.74, 6) is 0. The van der Waals surface area contributed by atoms with Crippen LogP contribution in [0.1, 0.15) is 94.9 Å². The monoisotopic (exact) mass is 291 g/mol. The Kier molecular flexibility index (Phi) is 57.5. The normalized spacial score (nSPS) is 7.95. The average molecular weight is 292 g/mol. The quantitative estimate of drug-likeness (QED) is 0.460. The molecule has 0 saturated heterocycles. The summed E-state index contributed by atoms with van der Waals surface area (Å²) in [4.78, 5) is 0. The van der Waals surface area contributed by atoms with E-state index in [1.807, 2.05) is 62.3 Å². The van der Waals surface area contributed by atoms with Crippen molar-refractivity contribution in [2.24, 2.45) is 5.73 Å². The molecule has 20 heavy (non-hydrogen) atoms. The van der Waals surface area contributed by atoms with Crippen LogP contribution < -0.4 is 5.73 Å². The lowest BCUT2D eigenvalue weighted by Crippen LogP contribution is -2.14. The highest BCUT2D eigenvalue weighted by Crippen LogP contribution is 2.05. The van der Waals surface area contributed by atoms with Crippen LogP contribution in [-0.4, -0.2) is 12.1 Å². The predicted molar refractivity (Wildman–Crippen MR) is 98.3 cm³/mol. The van der Waals surface area contributed by atoms with Gasteiger partial charge in [-0.25, -0.2) is 0 Å². The van der Waals surface area contributed by atoms with Gasteiger partial charge in [-0.3, -0.25) is 0 Å². The zero-order chi connectivity index (χ0) is 17.4. The van der Waals surface area contributed by atoms with E-state index in [0.29, 0.717) is 0 Å². The molecule has 0 aromatic carbocycles. The lowest BCUT2D eigenvalue weighted by Gasteiger charge is -2.16. The summed E-state index contributed by atoms with van der Waals surface area (Å²) in [6.07, 6.45) is 6.62. The van der Waals surface area contributed by atoms with E-state index in [1.54, 1.807) is 0 Å². The number of unbranched alkanes of at least 4 members (excludes halogenated alkanes) is 3. The topological polar surface area (TPSA) is 35.2 Å². The van der Waals surface area contributed by atoms with Gasteiger partial charge in [0.15, 0.2) is 0 Å². The highest BCUT2D eigenvalue weighted by Gasteiger charge is 2.05. The Morgan fingerprint density at radius 3 is 1.45 bits per heavy atom. The van der Waals surface area contributed by atoms with E-state index in [0.717, 1.165) is 6.54 Å². The summed E-state index contributed by atoms with van der Waals surface area (Å²) >= 11 is 0. The maximum absolute atomic E-state index is 5.27. The molecule has 2 N–H and O–H groups in total. The number of hydrogen-bond donors (Lipinski definition) is 1. The van der Waals surface area contributed by atoms with E-state index < -0.39 is 0 Å². The summed E-state index contributed by atoms with van der Waals surface area (Å²) < 4.78 is 4.99. The van der Waals surface area contributed by atoms with E-state index in [2.05, 4.69) is 13.5 Å². The fourth-order valence-electron chi connectivity index (χ4n) is 0.821. The molecule has 0 radical (unpaired) electrons. The number of rotatable bonds is 5. The maximum atomic E-state index is 5.27. The lowest BCUT2D eigenvalue weighted by atomic mass is 10.2. The standard InChI is InChI=1S/C6H15N.C6H12O.3C2H6/c1-2-3-4-5-6-7;1-5-7-6(2,3)4;3*1-2/h2-7H2,1H3;5H,1H2,2-4H3;3*1-2H3. The van der Waals surface area contributed by atoms with Crippen molar-refractivity contribution in [3.8, 4) is 0 Å². The first kappa shape index (κ1) is 31.7. The van der Waals surface area contributed by atoms with Gasteiger partial charge >= 0.3 is 0 Å². The van der Waals surface area contributed by atoms with Crippen molar-refractivity contribution in [1.82, 2.24) is 0 Å². The van der Waals surface area contributed by atoms with Gasteiger partial charge in [0.2, 0.25) is 0 Å². The molecule has 0 aliphatic rings. The highest BCUT2D eigenvalue weighted by molar-refractivity contribution is 4.63. The van der Waals surface area contributed by atoms with Gasteiger partial charge in [-0.05, 0) is 33.7 Å². The van der Waals surface area contributed by atoms with Crippen molar-refractivity contribution in [2.75, 3.05) is 6.54 Å². The van der Waals surface area contributed by atoms with Crippen LogP contribution in [0.2, 0.25) is 0 Å². The molecular formula is C18H45NO. The van der Waals surface area contributed by atoms with Gasteiger partial charge in [0.05, 0.1) is 11.9 Å². The molecule has 2 heteroatoms. The molecule has 0 bridgehead atoms. The maximum Gasteiger partial charge on any atom is 0.0997 e. The zero-order valence-electron chi connectivity index (χ0n) is 16.3. The van der Waals surface area contributed by atoms with Gasteiger partial charge in [-0.15, -0.1) is 0 Å². The number of ether oxygens (including phenoxy) is 1. The van der Waals surface area contributed by atoms with Crippen LogP contribution >= 0.6 is 0 Å². The van der Waals surface area contributed by atoms with Gasteiger partial charge in [0.1, 0.15) is 0 Å². The number of hydrogen-bond acceptors (Lipinski definition) is 2. The Morgan fingerprint density at radius 1 is 0.900 bits per heavy atom. The van der Waals surface area contributed by atoms with Gasteiger partial charge in [0, 0.05) is 0 Å². The molecule has 0 amide bonds. The second-order valence-corrected chi connectivity index (χ2v) is 4.25. The third-order valence-electron chi connectivity index (χ3n) is 1.49. The van der Waals surface area contributed by atoms with Crippen LogP contribution in [0.5, 0.6) is 0 Å². The van der Waals surface area contributed by atoms with Gasteiger partial charge < -0.3 is 10.5 Å². The van der Waals surface area contributed by atoms with Crippen molar-refractivity contribution in [3.05, 3.63) is 12.8 Å². The molecule has 0 fully saturated rings. The van der Waals surface area contributed by atoms with E-state index in [9.17, 15) is 0 Å². The molecule has 0 heterocycles. The molecule has 0 atom stereocenters. The SMILES string of the molecule is C=COC(C)(C)C.CC.CC.CC.CCCCCCN. The van der Waals surface area contributed by atoms with E-state index in [1.165, 1.54) is 31.9 Å². The summed E-state index contributed by atoms with van der Waals surface area (Å²) in [5, 5.41) is 0. The number of nitrogens with two attached hydrogens (primary N) is 1. The second-order valence-electron chi connectivity index (χ2n) is 4.25. The first-order valence-corrected chi connectivity index (χ1v) is 8.46. The van der Waals surface area contributed by atoms with E-state index in [4.69, 9.17) is 10.5 Å².